The number of thiocarbonyl (C=S) groups is 1. The topological polar surface area (TPSA) is 41.1 Å². The van der Waals surface area contributed by atoms with Crippen molar-refractivity contribution >= 4 is 52.1 Å². The van der Waals surface area contributed by atoms with Crippen LogP contribution in [0.2, 0.25) is 10.0 Å². The van der Waals surface area contributed by atoms with Gasteiger partial charge in [-0.2, -0.15) is 0 Å². The van der Waals surface area contributed by atoms with Gasteiger partial charge in [0.2, 0.25) is 0 Å². The zero-order chi connectivity index (χ0) is 17.9. The third kappa shape index (κ3) is 4.69. The van der Waals surface area contributed by atoms with Gasteiger partial charge in [0, 0.05) is 5.56 Å². The summed E-state index contributed by atoms with van der Waals surface area (Å²) in [6.07, 6.45) is 0. The Kier molecular flexibility index (Phi) is 5.86. The van der Waals surface area contributed by atoms with Crippen molar-refractivity contribution in [3.63, 3.8) is 0 Å². The zero-order valence-electron chi connectivity index (χ0n) is 13.6. The minimum atomic E-state index is -0.286. The van der Waals surface area contributed by atoms with Gasteiger partial charge in [0.15, 0.2) is 5.11 Å². The first kappa shape index (κ1) is 18.7. The summed E-state index contributed by atoms with van der Waals surface area (Å²) in [5.41, 5.74) is 2.27. The largest absolute Gasteiger partial charge is 0.331 e. The summed E-state index contributed by atoms with van der Waals surface area (Å²) in [5, 5.41) is 6.42. The van der Waals surface area contributed by atoms with E-state index in [1.54, 1.807) is 30.3 Å². The van der Waals surface area contributed by atoms with Gasteiger partial charge in [-0.15, -0.1) is 0 Å². The molecule has 0 aliphatic carbocycles. The molecule has 0 bridgehead atoms. The van der Waals surface area contributed by atoms with Gasteiger partial charge >= 0.3 is 0 Å². The fraction of sp³-hybridized carbons (Fsp3) is 0.222. The normalized spacial score (nSPS) is 11.0. The summed E-state index contributed by atoms with van der Waals surface area (Å²) in [5.74, 6) is -0.286. The summed E-state index contributed by atoms with van der Waals surface area (Å²) in [6.45, 7) is 6.36. The van der Waals surface area contributed by atoms with Gasteiger partial charge in [0.05, 0.1) is 15.7 Å². The molecule has 0 aliphatic rings. The van der Waals surface area contributed by atoms with Crippen LogP contribution >= 0.6 is 35.4 Å². The van der Waals surface area contributed by atoms with Gasteiger partial charge in [-0.1, -0.05) is 62.2 Å². The summed E-state index contributed by atoms with van der Waals surface area (Å²) in [7, 11) is 0. The Hall–Kier alpha value is -1.62. The van der Waals surface area contributed by atoms with Crippen molar-refractivity contribution in [2.75, 3.05) is 5.32 Å². The molecular formula is C18H18Cl2N2OS. The van der Waals surface area contributed by atoms with E-state index in [9.17, 15) is 4.79 Å². The number of halogens is 2. The van der Waals surface area contributed by atoms with Crippen molar-refractivity contribution in [3.05, 3.63) is 63.6 Å². The molecule has 0 fully saturated rings. The van der Waals surface area contributed by atoms with Crippen LogP contribution < -0.4 is 10.6 Å². The standard InChI is InChI=1S/C18H18Cl2N2OS/c1-18(2,3)12-9-7-11(8-10-12)16(23)22-17(24)21-14-6-4-5-13(19)15(14)20/h4-10H,1-3H3,(H2,21,22,23,24). The molecule has 6 heteroatoms. The molecule has 0 radical (unpaired) electrons. The molecule has 0 aromatic heterocycles. The van der Waals surface area contributed by atoms with Crippen molar-refractivity contribution in [2.24, 2.45) is 0 Å². The molecule has 24 heavy (non-hydrogen) atoms. The van der Waals surface area contributed by atoms with Crippen molar-refractivity contribution in [2.45, 2.75) is 26.2 Å². The molecule has 3 nitrogen and oxygen atoms in total. The van der Waals surface area contributed by atoms with E-state index in [-0.39, 0.29) is 16.4 Å². The minimum Gasteiger partial charge on any atom is -0.331 e. The molecule has 0 atom stereocenters. The highest BCUT2D eigenvalue weighted by atomic mass is 35.5. The lowest BCUT2D eigenvalue weighted by atomic mass is 9.87. The molecule has 2 aromatic carbocycles. The third-order valence-corrected chi connectivity index (χ3v) is 4.46. The Bertz CT molecular complexity index is 768. The highest BCUT2D eigenvalue weighted by Gasteiger charge is 2.15. The third-order valence-electron chi connectivity index (χ3n) is 3.44. The van der Waals surface area contributed by atoms with Crippen LogP contribution in [0.1, 0.15) is 36.7 Å². The molecule has 2 aromatic rings. The lowest BCUT2D eigenvalue weighted by molar-refractivity contribution is 0.0977. The SMILES string of the molecule is CC(C)(C)c1ccc(C(=O)NC(=S)Nc2cccc(Cl)c2Cl)cc1. The summed E-state index contributed by atoms with van der Waals surface area (Å²) >= 11 is 17.2. The number of carbonyl (C=O) groups is 1. The number of nitrogens with one attached hydrogen (secondary N) is 2. The van der Waals surface area contributed by atoms with E-state index in [0.717, 1.165) is 5.56 Å². The molecule has 2 rings (SSSR count). The molecule has 0 unspecified atom stereocenters. The van der Waals surface area contributed by atoms with E-state index in [0.29, 0.717) is 21.3 Å². The first-order valence-electron chi connectivity index (χ1n) is 7.35. The first-order valence-corrected chi connectivity index (χ1v) is 8.52. The van der Waals surface area contributed by atoms with Crippen LogP contribution in [0.5, 0.6) is 0 Å². The monoisotopic (exact) mass is 380 g/mol. The number of carbonyl (C=O) groups excluding carboxylic acids is 1. The lowest BCUT2D eigenvalue weighted by Crippen LogP contribution is -2.34. The number of rotatable bonds is 2. The van der Waals surface area contributed by atoms with Crippen LogP contribution in [-0.2, 0) is 5.41 Å². The van der Waals surface area contributed by atoms with Crippen molar-refractivity contribution in [1.82, 2.24) is 5.32 Å². The molecule has 0 saturated carbocycles. The van der Waals surface area contributed by atoms with E-state index in [1.807, 2.05) is 12.1 Å². The Labute approximate surface area is 157 Å². The van der Waals surface area contributed by atoms with Crippen molar-refractivity contribution in [3.8, 4) is 0 Å². The molecule has 0 heterocycles. The highest BCUT2D eigenvalue weighted by Crippen LogP contribution is 2.29. The first-order chi connectivity index (χ1) is 11.2. The Morgan fingerprint density at radius 1 is 1.04 bits per heavy atom. The Morgan fingerprint density at radius 3 is 2.25 bits per heavy atom. The number of benzene rings is 2. The van der Waals surface area contributed by atoms with Gasteiger partial charge < -0.3 is 5.32 Å². The molecule has 0 spiro atoms. The second-order valence-corrected chi connectivity index (χ2v) is 7.53. The van der Waals surface area contributed by atoms with Crippen molar-refractivity contribution < 1.29 is 4.79 Å². The van der Waals surface area contributed by atoms with E-state index in [2.05, 4.69) is 31.4 Å². The Morgan fingerprint density at radius 2 is 1.67 bits per heavy atom. The smallest absolute Gasteiger partial charge is 0.257 e. The predicted octanol–water partition coefficient (Wildman–Crippen LogP) is 5.42. The molecule has 0 saturated heterocycles. The molecule has 1 amide bonds. The average molecular weight is 381 g/mol. The molecule has 2 N–H and O–H groups in total. The summed E-state index contributed by atoms with van der Waals surface area (Å²) < 4.78 is 0. The number of hydrogen-bond acceptors (Lipinski definition) is 2. The van der Waals surface area contributed by atoms with Crippen LogP contribution in [0.25, 0.3) is 0 Å². The molecule has 0 aliphatic heterocycles. The number of hydrogen-bond donors (Lipinski definition) is 2. The van der Waals surface area contributed by atoms with Gasteiger partial charge in [-0.25, -0.2) is 0 Å². The van der Waals surface area contributed by atoms with Crippen LogP contribution in [-0.4, -0.2) is 11.0 Å². The second-order valence-electron chi connectivity index (χ2n) is 6.34. The van der Waals surface area contributed by atoms with E-state index in [1.165, 1.54) is 0 Å². The van der Waals surface area contributed by atoms with E-state index >= 15 is 0 Å². The highest BCUT2D eigenvalue weighted by molar-refractivity contribution is 7.80. The van der Waals surface area contributed by atoms with Crippen LogP contribution in [0, 0.1) is 0 Å². The summed E-state index contributed by atoms with van der Waals surface area (Å²) in [4.78, 5) is 12.3. The maximum Gasteiger partial charge on any atom is 0.257 e. The lowest BCUT2D eigenvalue weighted by Gasteiger charge is -2.19. The van der Waals surface area contributed by atoms with Crippen LogP contribution in [0.3, 0.4) is 0 Å². The van der Waals surface area contributed by atoms with Gasteiger partial charge in [0.1, 0.15) is 0 Å². The van der Waals surface area contributed by atoms with Gasteiger partial charge in [-0.3, -0.25) is 10.1 Å². The number of anilines is 1. The van der Waals surface area contributed by atoms with Crippen LogP contribution in [0.4, 0.5) is 5.69 Å². The maximum absolute atomic E-state index is 12.3. The predicted molar refractivity (Wildman–Crippen MR) is 105 cm³/mol. The van der Waals surface area contributed by atoms with E-state index in [4.69, 9.17) is 35.4 Å². The molecular weight excluding hydrogens is 363 g/mol. The van der Waals surface area contributed by atoms with Gasteiger partial charge in [-0.05, 0) is 47.5 Å². The summed E-state index contributed by atoms with van der Waals surface area (Å²) in [6, 6.07) is 12.6. The maximum atomic E-state index is 12.3. The fourth-order valence-corrected chi connectivity index (χ4v) is 2.60. The van der Waals surface area contributed by atoms with Crippen LogP contribution in [0.15, 0.2) is 42.5 Å². The fourth-order valence-electron chi connectivity index (χ4n) is 2.05. The Balaban J connectivity index is 2.04. The quantitative estimate of drug-likeness (QED) is 0.683. The molecule has 126 valence electrons. The minimum absolute atomic E-state index is 0.0369. The second kappa shape index (κ2) is 7.51. The van der Waals surface area contributed by atoms with E-state index < -0.39 is 0 Å². The average Bonchev–Trinajstić information content (AvgIpc) is 2.51. The number of amides is 1. The zero-order valence-corrected chi connectivity index (χ0v) is 15.9. The van der Waals surface area contributed by atoms with Crippen molar-refractivity contribution in [1.29, 1.82) is 0 Å². The van der Waals surface area contributed by atoms with Gasteiger partial charge in [0.25, 0.3) is 5.91 Å².